The molecule has 5 heteroatoms. The Morgan fingerprint density at radius 2 is 1.58 bits per heavy atom. The third kappa shape index (κ3) is 5.55. The average molecular weight is 357 g/mol. The van der Waals surface area contributed by atoms with Gasteiger partial charge < -0.3 is 10.6 Å². The number of carbonyl (C=O) groups excluding carboxylic acids is 2. The highest BCUT2D eigenvalue weighted by Crippen LogP contribution is 2.29. The molecule has 0 saturated heterocycles. The van der Waals surface area contributed by atoms with E-state index in [0.29, 0.717) is 12.6 Å². The number of nitrogens with zero attached hydrogens (tertiary/aromatic N) is 1. The molecule has 0 aromatic carbocycles. The molecule has 0 spiro atoms. The molecule has 2 saturated carbocycles. The SMILES string of the molecule is O=C(NCc1cccnc1)C1CCC(C(=O)NC2CCCCCC2)CC1. The Balaban J connectivity index is 1.39. The summed E-state index contributed by atoms with van der Waals surface area (Å²) in [5.74, 6) is 0.442. The summed E-state index contributed by atoms with van der Waals surface area (Å²) < 4.78 is 0. The van der Waals surface area contributed by atoms with Gasteiger partial charge in [-0.1, -0.05) is 31.7 Å². The molecule has 2 amide bonds. The molecular formula is C21H31N3O2. The van der Waals surface area contributed by atoms with Crippen molar-refractivity contribution in [2.75, 3.05) is 0 Å². The summed E-state index contributed by atoms with van der Waals surface area (Å²) in [6.07, 6.45) is 14.1. The lowest BCUT2D eigenvalue weighted by atomic mass is 9.81. The fraction of sp³-hybridized carbons (Fsp3) is 0.667. The van der Waals surface area contributed by atoms with Crippen molar-refractivity contribution in [2.45, 2.75) is 76.8 Å². The second-order valence-electron chi connectivity index (χ2n) is 7.82. The van der Waals surface area contributed by atoms with Crippen molar-refractivity contribution in [3.63, 3.8) is 0 Å². The Kier molecular flexibility index (Phi) is 7.04. The van der Waals surface area contributed by atoms with Crippen LogP contribution < -0.4 is 10.6 Å². The normalized spacial score (nSPS) is 24.5. The quantitative estimate of drug-likeness (QED) is 0.794. The number of aromatic nitrogens is 1. The fourth-order valence-corrected chi connectivity index (χ4v) is 4.20. The highest BCUT2D eigenvalue weighted by Gasteiger charge is 2.30. The molecule has 0 atom stereocenters. The molecule has 2 N–H and O–H groups in total. The second kappa shape index (κ2) is 9.70. The first-order valence-electron chi connectivity index (χ1n) is 10.2. The number of rotatable bonds is 5. The summed E-state index contributed by atoms with van der Waals surface area (Å²) in [5.41, 5.74) is 1.01. The zero-order chi connectivity index (χ0) is 18.2. The summed E-state index contributed by atoms with van der Waals surface area (Å²) in [5, 5.41) is 6.28. The van der Waals surface area contributed by atoms with Gasteiger partial charge in [0.1, 0.15) is 0 Å². The molecule has 2 aliphatic carbocycles. The van der Waals surface area contributed by atoms with Crippen molar-refractivity contribution in [2.24, 2.45) is 11.8 Å². The fourth-order valence-electron chi connectivity index (χ4n) is 4.20. The zero-order valence-electron chi connectivity index (χ0n) is 15.6. The van der Waals surface area contributed by atoms with Crippen molar-refractivity contribution in [1.29, 1.82) is 0 Å². The summed E-state index contributed by atoms with van der Waals surface area (Å²) >= 11 is 0. The van der Waals surface area contributed by atoms with Crippen LogP contribution in [0, 0.1) is 11.8 Å². The van der Waals surface area contributed by atoms with E-state index in [0.717, 1.165) is 44.1 Å². The molecule has 1 heterocycles. The van der Waals surface area contributed by atoms with Gasteiger partial charge in [-0.3, -0.25) is 14.6 Å². The molecular weight excluding hydrogens is 326 g/mol. The van der Waals surface area contributed by atoms with Crippen LogP contribution in [0.1, 0.15) is 69.8 Å². The third-order valence-electron chi connectivity index (χ3n) is 5.86. The molecule has 2 fully saturated rings. The van der Waals surface area contributed by atoms with Gasteiger partial charge in [-0.2, -0.15) is 0 Å². The minimum absolute atomic E-state index is 0.0357. The molecule has 142 valence electrons. The van der Waals surface area contributed by atoms with Crippen LogP contribution in [0.3, 0.4) is 0 Å². The molecule has 0 unspecified atom stereocenters. The number of nitrogens with one attached hydrogen (secondary N) is 2. The van der Waals surface area contributed by atoms with Crippen LogP contribution in [0.25, 0.3) is 0 Å². The molecule has 1 aromatic heterocycles. The van der Waals surface area contributed by atoms with E-state index in [2.05, 4.69) is 15.6 Å². The maximum atomic E-state index is 12.5. The van der Waals surface area contributed by atoms with Crippen LogP contribution in [-0.4, -0.2) is 22.8 Å². The number of carbonyl (C=O) groups is 2. The molecule has 5 nitrogen and oxygen atoms in total. The van der Waals surface area contributed by atoms with E-state index in [4.69, 9.17) is 0 Å². The van der Waals surface area contributed by atoms with Gasteiger partial charge >= 0.3 is 0 Å². The monoisotopic (exact) mass is 357 g/mol. The van der Waals surface area contributed by atoms with Gasteiger partial charge in [0.25, 0.3) is 0 Å². The summed E-state index contributed by atoms with van der Waals surface area (Å²) in [7, 11) is 0. The molecule has 0 aliphatic heterocycles. The predicted octanol–water partition coefficient (Wildman–Crippen LogP) is 3.34. The van der Waals surface area contributed by atoms with Gasteiger partial charge in [0.2, 0.25) is 11.8 Å². The highest BCUT2D eigenvalue weighted by molar-refractivity contribution is 5.81. The van der Waals surface area contributed by atoms with Crippen LogP contribution >= 0.6 is 0 Å². The smallest absolute Gasteiger partial charge is 0.223 e. The third-order valence-corrected chi connectivity index (χ3v) is 5.86. The summed E-state index contributed by atoms with van der Waals surface area (Å²) in [4.78, 5) is 29.0. The Hall–Kier alpha value is -1.91. The molecule has 1 aromatic rings. The van der Waals surface area contributed by atoms with Gasteiger partial charge in [0.15, 0.2) is 0 Å². The number of amides is 2. The summed E-state index contributed by atoms with van der Waals surface area (Å²) in [6.45, 7) is 0.523. The van der Waals surface area contributed by atoms with E-state index in [1.165, 1.54) is 25.7 Å². The van der Waals surface area contributed by atoms with Gasteiger partial charge in [-0.15, -0.1) is 0 Å². The Morgan fingerprint density at radius 3 is 2.19 bits per heavy atom. The van der Waals surface area contributed by atoms with E-state index < -0.39 is 0 Å². The van der Waals surface area contributed by atoms with Crippen LogP contribution in [0.5, 0.6) is 0 Å². The number of pyridine rings is 1. The maximum Gasteiger partial charge on any atom is 0.223 e. The zero-order valence-corrected chi connectivity index (χ0v) is 15.6. The lowest BCUT2D eigenvalue weighted by molar-refractivity contribution is -0.131. The second-order valence-corrected chi connectivity index (χ2v) is 7.82. The van der Waals surface area contributed by atoms with Gasteiger partial charge in [0.05, 0.1) is 0 Å². The first kappa shape index (κ1) is 18.9. The van der Waals surface area contributed by atoms with Crippen LogP contribution in [0.4, 0.5) is 0 Å². The van der Waals surface area contributed by atoms with Gasteiger partial charge in [-0.25, -0.2) is 0 Å². The first-order valence-corrected chi connectivity index (χ1v) is 10.2. The average Bonchev–Trinajstić information content (AvgIpc) is 2.95. The predicted molar refractivity (Wildman–Crippen MR) is 101 cm³/mol. The van der Waals surface area contributed by atoms with E-state index in [1.54, 1.807) is 12.4 Å². The molecule has 3 rings (SSSR count). The molecule has 0 bridgehead atoms. The summed E-state index contributed by atoms with van der Waals surface area (Å²) in [6, 6.07) is 4.20. The van der Waals surface area contributed by atoms with E-state index in [-0.39, 0.29) is 23.7 Å². The van der Waals surface area contributed by atoms with Crippen LogP contribution in [-0.2, 0) is 16.1 Å². The Labute approximate surface area is 156 Å². The van der Waals surface area contributed by atoms with E-state index in [1.807, 2.05) is 12.1 Å². The van der Waals surface area contributed by atoms with Crippen molar-refractivity contribution >= 4 is 11.8 Å². The van der Waals surface area contributed by atoms with Gasteiger partial charge in [0, 0.05) is 36.8 Å². The van der Waals surface area contributed by atoms with Crippen LogP contribution in [0.15, 0.2) is 24.5 Å². The lowest BCUT2D eigenvalue weighted by Gasteiger charge is -2.28. The van der Waals surface area contributed by atoms with E-state index in [9.17, 15) is 9.59 Å². The highest BCUT2D eigenvalue weighted by atomic mass is 16.2. The van der Waals surface area contributed by atoms with Crippen molar-refractivity contribution < 1.29 is 9.59 Å². The van der Waals surface area contributed by atoms with Crippen molar-refractivity contribution in [3.8, 4) is 0 Å². The minimum atomic E-state index is 0.0357. The van der Waals surface area contributed by atoms with Crippen molar-refractivity contribution in [1.82, 2.24) is 15.6 Å². The van der Waals surface area contributed by atoms with E-state index >= 15 is 0 Å². The molecule has 26 heavy (non-hydrogen) atoms. The lowest BCUT2D eigenvalue weighted by Crippen LogP contribution is -2.41. The first-order chi connectivity index (χ1) is 12.7. The van der Waals surface area contributed by atoms with Crippen molar-refractivity contribution in [3.05, 3.63) is 30.1 Å². The standard InChI is InChI=1S/C21H31N3O2/c25-20(23-15-16-6-5-13-22-14-16)17-9-11-18(12-10-17)21(26)24-19-7-3-1-2-4-8-19/h5-6,13-14,17-19H,1-4,7-12,15H2,(H,23,25)(H,24,26). The number of hydrogen-bond acceptors (Lipinski definition) is 3. The minimum Gasteiger partial charge on any atom is -0.353 e. The van der Waals surface area contributed by atoms with Crippen LogP contribution in [0.2, 0.25) is 0 Å². The molecule has 2 aliphatic rings. The Bertz CT molecular complexity index is 574. The van der Waals surface area contributed by atoms with Gasteiger partial charge in [-0.05, 0) is 50.2 Å². The largest absolute Gasteiger partial charge is 0.353 e. The molecule has 0 radical (unpaired) electrons. The maximum absolute atomic E-state index is 12.5. The topological polar surface area (TPSA) is 71.1 Å². The number of hydrogen-bond donors (Lipinski definition) is 2. The Morgan fingerprint density at radius 1 is 0.923 bits per heavy atom.